The van der Waals surface area contributed by atoms with Crippen molar-refractivity contribution in [3.63, 3.8) is 0 Å². The van der Waals surface area contributed by atoms with Gasteiger partial charge in [0.2, 0.25) is 19.9 Å². The molecule has 0 bridgehead atoms. The van der Waals surface area contributed by atoms with Crippen LogP contribution in [0.15, 0.2) is 46.5 Å². The molecule has 0 aliphatic heterocycles. The third-order valence-electron chi connectivity index (χ3n) is 3.46. The number of nitrogens with one attached hydrogen (secondary N) is 2. The number of sulfone groups is 1. The van der Waals surface area contributed by atoms with Crippen LogP contribution in [0, 0.1) is 0 Å². The Hall–Kier alpha value is -2.91. The summed E-state index contributed by atoms with van der Waals surface area (Å²) in [6.07, 6.45) is 2.30. The Bertz CT molecular complexity index is 1130. The van der Waals surface area contributed by atoms with Gasteiger partial charge in [-0.1, -0.05) is 0 Å². The van der Waals surface area contributed by atoms with Gasteiger partial charge in [0.15, 0.2) is 6.61 Å². The monoisotopic (exact) mass is 466 g/mol. The molecule has 1 amide bonds. The summed E-state index contributed by atoms with van der Waals surface area (Å²) >= 11 is 0. The summed E-state index contributed by atoms with van der Waals surface area (Å²) in [5.41, 5.74) is 0.0709. The summed E-state index contributed by atoms with van der Waals surface area (Å²) in [5.74, 6) is -5.42. The average molecular weight is 466 g/mol. The second kappa shape index (κ2) is 9.27. The molecule has 2 N–H and O–H groups in total. The van der Waals surface area contributed by atoms with Crippen molar-refractivity contribution < 1.29 is 39.9 Å². The summed E-state index contributed by atoms with van der Waals surface area (Å²) < 4.78 is 79.3. The van der Waals surface area contributed by atoms with Crippen molar-refractivity contribution in [1.82, 2.24) is 14.5 Å². The maximum Gasteiger partial charge on any atom is 0.341 e. The van der Waals surface area contributed by atoms with E-state index in [1.165, 1.54) is 17.9 Å². The maximum atomic E-state index is 12.5. The molecule has 0 aliphatic rings. The number of nitrogens with zero attached hydrogens (tertiary/aromatic N) is 2. The fraction of sp³-hybridized carbons (Fsp3) is 0.267. The van der Waals surface area contributed by atoms with E-state index in [1.807, 2.05) is 4.72 Å². The van der Waals surface area contributed by atoms with Gasteiger partial charge in [0.25, 0.3) is 5.91 Å². The largest absolute Gasteiger partial charge is 0.455 e. The fourth-order valence-electron chi connectivity index (χ4n) is 2.00. The highest BCUT2D eigenvalue weighted by molar-refractivity contribution is 7.91. The first kappa shape index (κ1) is 23.4. The predicted molar refractivity (Wildman–Crippen MR) is 97.6 cm³/mol. The summed E-state index contributed by atoms with van der Waals surface area (Å²) in [7, 11) is -7.23. The molecule has 0 radical (unpaired) electrons. The number of hydrogen-bond acceptors (Lipinski definition) is 8. The fourth-order valence-corrected chi connectivity index (χ4v) is 3.67. The molecule has 0 unspecified atom stereocenters. The van der Waals surface area contributed by atoms with E-state index in [-0.39, 0.29) is 10.6 Å². The Kier molecular flexibility index (Phi) is 7.22. The molecule has 0 saturated heterocycles. The number of aromatic nitrogens is 2. The number of alkyl halides is 2. The molecule has 11 nitrogen and oxygen atoms in total. The number of esters is 1. The van der Waals surface area contributed by atoms with Gasteiger partial charge in [-0.2, -0.15) is 18.6 Å². The molecule has 1 aromatic carbocycles. The third-order valence-corrected chi connectivity index (χ3v) is 6.22. The zero-order valence-corrected chi connectivity index (χ0v) is 16.9. The molecule has 30 heavy (non-hydrogen) atoms. The number of carbonyl (C=O) groups excluding carboxylic acids is 2. The van der Waals surface area contributed by atoms with Crippen LogP contribution >= 0.6 is 0 Å². The Labute approximate surface area is 170 Å². The first-order valence-corrected chi connectivity index (χ1v) is 11.0. The lowest BCUT2D eigenvalue weighted by molar-refractivity contribution is -0.146. The van der Waals surface area contributed by atoms with Crippen molar-refractivity contribution >= 4 is 37.4 Å². The second-order valence-electron chi connectivity index (χ2n) is 5.71. The lowest BCUT2D eigenvalue weighted by atomic mass is 10.3. The first-order chi connectivity index (χ1) is 13.9. The van der Waals surface area contributed by atoms with Gasteiger partial charge in [0.1, 0.15) is 11.4 Å². The zero-order chi connectivity index (χ0) is 22.5. The van der Waals surface area contributed by atoms with Crippen LogP contribution in [0.3, 0.4) is 0 Å². The van der Waals surface area contributed by atoms with E-state index in [0.717, 1.165) is 30.5 Å². The Balaban J connectivity index is 1.82. The number of halogens is 2. The normalized spacial score (nSPS) is 12.0. The molecule has 1 heterocycles. The van der Waals surface area contributed by atoms with Gasteiger partial charge in [-0.05, 0) is 24.3 Å². The average Bonchev–Trinajstić information content (AvgIpc) is 3.12. The van der Waals surface area contributed by atoms with Gasteiger partial charge >= 0.3 is 11.7 Å². The molecular formula is C15H16F2N4O7S2. The van der Waals surface area contributed by atoms with Crippen molar-refractivity contribution in [2.45, 2.75) is 15.5 Å². The van der Waals surface area contributed by atoms with Gasteiger partial charge in [-0.3, -0.25) is 14.3 Å². The topological polar surface area (TPSA) is 154 Å². The molecule has 164 valence electrons. The molecule has 0 aliphatic carbocycles. The van der Waals surface area contributed by atoms with Gasteiger partial charge in [-0.25, -0.2) is 16.8 Å². The van der Waals surface area contributed by atoms with E-state index in [0.29, 0.717) is 0 Å². The molecule has 0 fully saturated rings. The van der Waals surface area contributed by atoms with Crippen molar-refractivity contribution in [3.05, 3.63) is 36.7 Å². The van der Waals surface area contributed by atoms with Gasteiger partial charge < -0.3 is 10.1 Å². The van der Waals surface area contributed by atoms with E-state index < -0.39 is 55.5 Å². The smallest absolute Gasteiger partial charge is 0.341 e. The number of aryl methyl sites for hydroxylation is 1. The van der Waals surface area contributed by atoms with E-state index >= 15 is 0 Å². The minimum absolute atomic E-state index is 0.0709. The van der Waals surface area contributed by atoms with Crippen LogP contribution in [0.1, 0.15) is 0 Å². The van der Waals surface area contributed by atoms with E-state index in [1.54, 1.807) is 0 Å². The summed E-state index contributed by atoms with van der Waals surface area (Å²) in [4.78, 5) is 22.6. The van der Waals surface area contributed by atoms with Crippen LogP contribution < -0.4 is 10.0 Å². The van der Waals surface area contributed by atoms with Crippen molar-refractivity contribution in [1.29, 1.82) is 0 Å². The molecule has 1 aromatic heterocycles. The van der Waals surface area contributed by atoms with Crippen molar-refractivity contribution in [3.8, 4) is 0 Å². The van der Waals surface area contributed by atoms with Gasteiger partial charge in [0.05, 0.1) is 11.1 Å². The van der Waals surface area contributed by atoms with Crippen LogP contribution in [0.2, 0.25) is 0 Å². The number of amides is 1. The Morgan fingerprint density at radius 1 is 1.13 bits per heavy atom. The van der Waals surface area contributed by atoms with E-state index in [4.69, 9.17) is 0 Å². The summed E-state index contributed by atoms with van der Waals surface area (Å²) in [5, 5.41) is 5.95. The number of anilines is 1. The van der Waals surface area contributed by atoms with Crippen LogP contribution in [0.25, 0.3) is 0 Å². The van der Waals surface area contributed by atoms with Crippen LogP contribution in [0.5, 0.6) is 0 Å². The molecule has 2 aromatic rings. The predicted octanol–water partition coefficient (Wildman–Crippen LogP) is -0.123. The molecule has 2 rings (SSSR count). The molecule has 0 atom stereocenters. The summed E-state index contributed by atoms with van der Waals surface area (Å²) in [6.45, 7) is -1.49. The standard InChI is InChI=1S/C15H16F2N4O7S2/c1-21-8-12(6-18-21)30(26,27)19-7-14(23)28-9-13(22)20-10-2-4-11(5-3-10)29(24,25)15(16)17/h2-6,8,15,19H,7,9H2,1H3,(H,20,22). The van der Waals surface area contributed by atoms with Crippen LogP contribution in [-0.2, 0) is 41.2 Å². The van der Waals surface area contributed by atoms with Crippen LogP contribution in [0.4, 0.5) is 14.5 Å². The highest BCUT2D eigenvalue weighted by Crippen LogP contribution is 2.20. The zero-order valence-electron chi connectivity index (χ0n) is 15.3. The Morgan fingerprint density at radius 2 is 1.77 bits per heavy atom. The first-order valence-electron chi connectivity index (χ1n) is 7.98. The SMILES string of the molecule is Cn1cc(S(=O)(=O)NCC(=O)OCC(=O)Nc2ccc(S(=O)(=O)C(F)F)cc2)cn1. The number of hydrogen-bond donors (Lipinski definition) is 2. The maximum absolute atomic E-state index is 12.5. The lowest BCUT2D eigenvalue weighted by Crippen LogP contribution is -2.32. The number of benzene rings is 1. The highest BCUT2D eigenvalue weighted by atomic mass is 32.2. The van der Waals surface area contributed by atoms with E-state index in [9.17, 15) is 35.2 Å². The third kappa shape index (κ3) is 6.04. The minimum atomic E-state index is -4.76. The van der Waals surface area contributed by atoms with E-state index in [2.05, 4.69) is 15.2 Å². The molecule has 15 heteroatoms. The van der Waals surface area contributed by atoms with Crippen LogP contribution in [-0.4, -0.2) is 57.4 Å². The molecule has 0 saturated carbocycles. The molecular weight excluding hydrogens is 450 g/mol. The Morgan fingerprint density at radius 3 is 2.30 bits per heavy atom. The minimum Gasteiger partial charge on any atom is -0.455 e. The number of rotatable bonds is 9. The second-order valence-corrected chi connectivity index (χ2v) is 9.40. The number of ether oxygens (including phenoxy) is 1. The quantitative estimate of drug-likeness (QED) is 0.485. The highest BCUT2D eigenvalue weighted by Gasteiger charge is 2.26. The van der Waals surface area contributed by atoms with Gasteiger partial charge in [-0.15, -0.1) is 0 Å². The lowest BCUT2D eigenvalue weighted by Gasteiger charge is -2.08. The number of carbonyl (C=O) groups is 2. The van der Waals surface area contributed by atoms with Crippen molar-refractivity contribution in [2.75, 3.05) is 18.5 Å². The summed E-state index contributed by atoms with van der Waals surface area (Å²) in [6, 6.07) is 3.93. The molecule has 0 spiro atoms. The van der Waals surface area contributed by atoms with Crippen molar-refractivity contribution in [2.24, 2.45) is 7.05 Å². The van der Waals surface area contributed by atoms with Gasteiger partial charge in [0, 0.05) is 18.9 Å². The number of sulfonamides is 1.